The Kier molecular flexibility index (Phi) is 1.90. The van der Waals surface area contributed by atoms with Gasteiger partial charge in [-0.15, -0.1) is 0 Å². The van der Waals surface area contributed by atoms with Gasteiger partial charge in [0.15, 0.2) is 16.6 Å². The highest BCUT2D eigenvalue weighted by Gasteiger charge is 2.16. The Morgan fingerprint density at radius 2 is 2.00 bits per heavy atom. The van der Waals surface area contributed by atoms with Crippen molar-refractivity contribution in [2.45, 2.75) is 0 Å². The molecule has 2 aromatic rings. The van der Waals surface area contributed by atoms with Crippen LogP contribution in [0.15, 0.2) is 18.2 Å². The van der Waals surface area contributed by atoms with Crippen LogP contribution in [0.2, 0.25) is 0 Å². The number of nitrogens with two attached hydrogens (primary N) is 2. The first-order valence-corrected chi connectivity index (χ1v) is 5.47. The molecule has 16 heavy (non-hydrogen) atoms. The molecule has 3 rings (SSSR count). The highest BCUT2D eigenvalue weighted by atomic mass is 32.1. The smallest absolute Gasteiger partial charge is 0.231 e. The fourth-order valence-corrected chi connectivity index (χ4v) is 2.22. The Hall–Kier alpha value is -1.95. The second kappa shape index (κ2) is 3.28. The number of nitrogens with zero attached hydrogens (tertiary/aromatic N) is 1. The number of aromatic nitrogens is 1. The lowest BCUT2D eigenvalue weighted by Crippen LogP contribution is -1.92. The molecule has 0 bridgehead atoms. The van der Waals surface area contributed by atoms with Crippen LogP contribution >= 0.6 is 11.3 Å². The van der Waals surface area contributed by atoms with E-state index in [1.54, 1.807) is 0 Å². The van der Waals surface area contributed by atoms with Gasteiger partial charge in [0, 0.05) is 5.56 Å². The van der Waals surface area contributed by atoms with Gasteiger partial charge in [0.25, 0.3) is 0 Å². The molecule has 0 aliphatic carbocycles. The monoisotopic (exact) mass is 235 g/mol. The molecule has 2 heterocycles. The highest BCUT2D eigenvalue weighted by molar-refractivity contribution is 7.19. The maximum Gasteiger partial charge on any atom is 0.231 e. The second-order valence-electron chi connectivity index (χ2n) is 3.33. The van der Waals surface area contributed by atoms with Crippen LogP contribution in [-0.2, 0) is 0 Å². The van der Waals surface area contributed by atoms with E-state index in [9.17, 15) is 0 Å². The molecule has 1 aromatic carbocycles. The van der Waals surface area contributed by atoms with Crippen molar-refractivity contribution in [3.05, 3.63) is 18.2 Å². The number of nitrogen functional groups attached to an aromatic ring is 2. The molecule has 0 fully saturated rings. The van der Waals surface area contributed by atoms with Gasteiger partial charge in [-0.2, -0.15) is 0 Å². The summed E-state index contributed by atoms with van der Waals surface area (Å²) in [5, 5.41) is 1.07. The van der Waals surface area contributed by atoms with Crippen LogP contribution in [0.1, 0.15) is 0 Å². The van der Waals surface area contributed by atoms with Gasteiger partial charge in [0.2, 0.25) is 6.79 Å². The largest absolute Gasteiger partial charge is 0.454 e. The summed E-state index contributed by atoms with van der Waals surface area (Å²) >= 11 is 1.27. The molecule has 1 aliphatic heterocycles. The predicted molar refractivity (Wildman–Crippen MR) is 62.5 cm³/mol. The standard InChI is InChI=1S/C10H9N3O2S/c11-9-8(13-10(12)16-9)5-1-2-6-7(3-5)15-4-14-6/h1-3H,4,11H2,(H2,12,13). The van der Waals surface area contributed by atoms with Crippen LogP contribution in [0.3, 0.4) is 0 Å². The van der Waals surface area contributed by atoms with Crippen molar-refractivity contribution >= 4 is 21.5 Å². The SMILES string of the molecule is Nc1nc(-c2ccc3c(c2)OCO3)c(N)s1. The Morgan fingerprint density at radius 1 is 1.19 bits per heavy atom. The van der Waals surface area contributed by atoms with Crippen LogP contribution in [0, 0.1) is 0 Å². The topological polar surface area (TPSA) is 83.4 Å². The maximum absolute atomic E-state index is 5.82. The molecule has 82 valence electrons. The van der Waals surface area contributed by atoms with E-state index in [-0.39, 0.29) is 6.79 Å². The third-order valence-corrected chi connectivity index (χ3v) is 3.03. The van der Waals surface area contributed by atoms with Gasteiger partial charge in [0.1, 0.15) is 10.7 Å². The Balaban J connectivity index is 2.10. The molecule has 0 saturated heterocycles. The molecule has 0 spiro atoms. The first-order valence-electron chi connectivity index (χ1n) is 4.66. The lowest BCUT2D eigenvalue weighted by atomic mass is 10.1. The fourth-order valence-electron chi connectivity index (χ4n) is 1.60. The van der Waals surface area contributed by atoms with Gasteiger partial charge < -0.3 is 20.9 Å². The van der Waals surface area contributed by atoms with Gasteiger partial charge >= 0.3 is 0 Å². The second-order valence-corrected chi connectivity index (χ2v) is 4.40. The Bertz CT molecular complexity index is 553. The van der Waals surface area contributed by atoms with Crippen LogP contribution in [0.5, 0.6) is 11.5 Å². The number of rotatable bonds is 1. The predicted octanol–water partition coefficient (Wildman–Crippen LogP) is 1.70. The number of hydrogen-bond acceptors (Lipinski definition) is 6. The van der Waals surface area contributed by atoms with E-state index >= 15 is 0 Å². The first-order chi connectivity index (χ1) is 7.74. The summed E-state index contributed by atoms with van der Waals surface area (Å²) < 4.78 is 10.5. The molecule has 1 aliphatic rings. The highest BCUT2D eigenvalue weighted by Crippen LogP contribution is 2.38. The normalized spacial score (nSPS) is 13.0. The average Bonchev–Trinajstić information content (AvgIpc) is 2.83. The third-order valence-electron chi connectivity index (χ3n) is 2.32. The molecule has 0 radical (unpaired) electrons. The number of benzene rings is 1. The molecular weight excluding hydrogens is 226 g/mol. The molecule has 4 N–H and O–H groups in total. The lowest BCUT2D eigenvalue weighted by molar-refractivity contribution is 0.174. The molecule has 0 atom stereocenters. The minimum absolute atomic E-state index is 0.257. The van der Waals surface area contributed by atoms with Crippen molar-refractivity contribution in [2.75, 3.05) is 18.3 Å². The summed E-state index contributed by atoms with van der Waals surface area (Å²) in [5.74, 6) is 1.45. The molecule has 6 heteroatoms. The number of fused-ring (bicyclic) bond motifs is 1. The zero-order chi connectivity index (χ0) is 11.1. The minimum atomic E-state index is 0.257. The van der Waals surface area contributed by atoms with Crippen molar-refractivity contribution in [2.24, 2.45) is 0 Å². The summed E-state index contributed by atoms with van der Waals surface area (Å²) in [6.07, 6.45) is 0. The average molecular weight is 235 g/mol. The zero-order valence-corrected chi connectivity index (χ0v) is 9.08. The van der Waals surface area contributed by atoms with Crippen LogP contribution < -0.4 is 20.9 Å². The van der Waals surface area contributed by atoms with E-state index in [0.29, 0.717) is 21.6 Å². The molecule has 1 aromatic heterocycles. The van der Waals surface area contributed by atoms with Gasteiger partial charge in [-0.25, -0.2) is 4.98 Å². The van der Waals surface area contributed by atoms with E-state index in [0.717, 1.165) is 11.3 Å². The molecule has 5 nitrogen and oxygen atoms in total. The van der Waals surface area contributed by atoms with Gasteiger partial charge in [-0.1, -0.05) is 11.3 Å². The molecule has 0 amide bonds. The van der Waals surface area contributed by atoms with Crippen LogP contribution in [-0.4, -0.2) is 11.8 Å². The van der Waals surface area contributed by atoms with Gasteiger partial charge in [0.05, 0.1) is 0 Å². The van der Waals surface area contributed by atoms with E-state index in [2.05, 4.69) is 4.98 Å². The fraction of sp³-hybridized carbons (Fsp3) is 0.100. The quantitative estimate of drug-likeness (QED) is 0.786. The van der Waals surface area contributed by atoms with Crippen molar-refractivity contribution < 1.29 is 9.47 Å². The van der Waals surface area contributed by atoms with Crippen molar-refractivity contribution in [1.29, 1.82) is 0 Å². The summed E-state index contributed by atoms with van der Waals surface area (Å²) in [5.41, 5.74) is 13.0. The number of thiazole rings is 1. The number of ether oxygens (including phenoxy) is 2. The Labute approximate surface area is 95.6 Å². The lowest BCUT2D eigenvalue weighted by Gasteiger charge is -2.00. The van der Waals surface area contributed by atoms with E-state index in [1.807, 2.05) is 18.2 Å². The summed E-state index contributed by atoms with van der Waals surface area (Å²) in [4.78, 5) is 4.18. The van der Waals surface area contributed by atoms with E-state index < -0.39 is 0 Å². The number of anilines is 2. The number of hydrogen-bond donors (Lipinski definition) is 2. The van der Waals surface area contributed by atoms with E-state index in [4.69, 9.17) is 20.9 Å². The Morgan fingerprint density at radius 3 is 2.75 bits per heavy atom. The van der Waals surface area contributed by atoms with Crippen molar-refractivity contribution in [3.8, 4) is 22.8 Å². The summed E-state index contributed by atoms with van der Waals surface area (Å²) in [6, 6.07) is 5.58. The maximum atomic E-state index is 5.82. The van der Waals surface area contributed by atoms with Gasteiger partial charge in [-0.3, -0.25) is 0 Å². The minimum Gasteiger partial charge on any atom is -0.454 e. The molecule has 0 saturated carbocycles. The molecular formula is C10H9N3O2S. The van der Waals surface area contributed by atoms with Gasteiger partial charge in [-0.05, 0) is 18.2 Å². The first kappa shape index (κ1) is 9.29. The summed E-state index contributed by atoms with van der Waals surface area (Å²) in [6.45, 7) is 0.257. The van der Waals surface area contributed by atoms with Crippen LogP contribution in [0.25, 0.3) is 11.3 Å². The summed E-state index contributed by atoms with van der Waals surface area (Å²) in [7, 11) is 0. The van der Waals surface area contributed by atoms with E-state index in [1.165, 1.54) is 11.3 Å². The van der Waals surface area contributed by atoms with Crippen molar-refractivity contribution in [3.63, 3.8) is 0 Å². The van der Waals surface area contributed by atoms with Crippen LogP contribution in [0.4, 0.5) is 10.1 Å². The molecule has 0 unspecified atom stereocenters. The third kappa shape index (κ3) is 1.35. The zero-order valence-electron chi connectivity index (χ0n) is 8.27. The van der Waals surface area contributed by atoms with Crippen molar-refractivity contribution in [1.82, 2.24) is 4.98 Å².